The smallest absolute Gasteiger partial charge is 0.269 e. The lowest BCUT2D eigenvalue weighted by Crippen LogP contribution is -2.17. The van der Waals surface area contributed by atoms with Crippen LogP contribution < -0.4 is 0 Å². The van der Waals surface area contributed by atoms with Crippen molar-refractivity contribution in [3.05, 3.63) is 52.3 Å². The minimum Gasteiger partial charge on any atom is -0.461 e. The highest BCUT2D eigenvalue weighted by atomic mass is 32.2. The van der Waals surface area contributed by atoms with Crippen molar-refractivity contribution in [2.24, 2.45) is 0 Å². The standard InChI is InChI=1S/C13H8N4O4S/c18-12-8-6-7(17(19)20)3-4-10(8)22-13-14-11(15-16(12)13)9-2-1-5-21-9/h1-6,12,18H. The van der Waals surface area contributed by atoms with Crippen molar-refractivity contribution in [1.82, 2.24) is 14.8 Å². The molecular weight excluding hydrogens is 308 g/mol. The number of furan rings is 1. The lowest BCUT2D eigenvalue weighted by Gasteiger charge is -2.21. The van der Waals surface area contributed by atoms with Crippen LogP contribution in [-0.4, -0.2) is 24.8 Å². The lowest BCUT2D eigenvalue weighted by atomic mass is 10.1. The number of nitrogens with zero attached hydrogens (tertiary/aromatic N) is 4. The molecule has 3 aromatic rings. The number of fused-ring (bicyclic) bond motifs is 2. The number of aliphatic hydroxyl groups excluding tert-OH is 1. The topological polar surface area (TPSA) is 107 Å². The Labute approximate surface area is 127 Å². The predicted molar refractivity (Wildman–Crippen MR) is 75.3 cm³/mol. The molecule has 8 nitrogen and oxygen atoms in total. The first-order valence-electron chi connectivity index (χ1n) is 6.28. The fraction of sp³-hybridized carbons (Fsp3) is 0.0769. The molecule has 0 saturated carbocycles. The Hall–Kier alpha value is -2.65. The Morgan fingerprint density at radius 2 is 2.27 bits per heavy atom. The fourth-order valence-electron chi connectivity index (χ4n) is 2.22. The minimum absolute atomic E-state index is 0.0757. The van der Waals surface area contributed by atoms with E-state index in [1.54, 1.807) is 18.2 Å². The summed E-state index contributed by atoms with van der Waals surface area (Å²) in [6, 6.07) is 7.79. The van der Waals surface area contributed by atoms with Gasteiger partial charge in [-0.3, -0.25) is 10.1 Å². The molecule has 2 aromatic heterocycles. The molecule has 110 valence electrons. The Morgan fingerprint density at radius 1 is 1.41 bits per heavy atom. The second kappa shape index (κ2) is 4.68. The van der Waals surface area contributed by atoms with E-state index in [2.05, 4.69) is 10.1 Å². The largest absolute Gasteiger partial charge is 0.461 e. The van der Waals surface area contributed by atoms with Gasteiger partial charge in [0.2, 0.25) is 5.82 Å². The van der Waals surface area contributed by atoms with E-state index in [0.717, 1.165) is 0 Å². The average Bonchev–Trinajstić information content (AvgIpc) is 3.15. The van der Waals surface area contributed by atoms with Gasteiger partial charge in [0.25, 0.3) is 5.69 Å². The van der Waals surface area contributed by atoms with Crippen LogP contribution in [0.2, 0.25) is 0 Å². The summed E-state index contributed by atoms with van der Waals surface area (Å²) in [5, 5.41) is 26.0. The summed E-state index contributed by atoms with van der Waals surface area (Å²) in [7, 11) is 0. The Morgan fingerprint density at radius 3 is 3.00 bits per heavy atom. The van der Waals surface area contributed by atoms with Gasteiger partial charge in [0.05, 0.1) is 11.2 Å². The number of hydrogen-bond acceptors (Lipinski definition) is 7. The average molecular weight is 316 g/mol. The number of nitro benzene ring substituents is 1. The molecule has 1 unspecified atom stereocenters. The summed E-state index contributed by atoms with van der Waals surface area (Å²) in [5.74, 6) is 0.846. The summed E-state index contributed by atoms with van der Waals surface area (Å²) in [6.45, 7) is 0. The second-order valence-corrected chi connectivity index (χ2v) is 5.60. The van der Waals surface area contributed by atoms with Gasteiger partial charge in [-0.1, -0.05) is 0 Å². The predicted octanol–water partition coefficient (Wildman–Crippen LogP) is 2.45. The first-order valence-corrected chi connectivity index (χ1v) is 7.10. The van der Waals surface area contributed by atoms with Crippen molar-refractivity contribution < 1.29 is 14.4 Å². The Kier molecular flexibility index (Phi) is 2.78. The maximum absolute atomic E-state index is 10.9. The van der Waals surface area contributed by atoms with Crippen LogP contribution in [-0.2, 0) is 0 Å². The third-order valence-corrected chi connectivity index (χ3v) is 4.31. The highest BCUT2D eigenvalue weighted by Gasteiger charge is 2.29. The van der Waals surface area contributed by atoms with Crippen LogP contribution in [0.15, 0.2) is 51.1 Å². The molecule has 0 amide bonds. The zero-order valence-electron chi connectivity index (χ0n) is 10.9. The molecule has 1 N–H and O–H groups in total. The molecular formula is C13H8N4O4S. The summed E-state index contributed by atoms with van der Waals surface area (Å²) in [6.07, 6.45) is 0.388. The van der Waals surface area contributed by atoms with Crippen molar-refractivity contribution >= 4 is 17.4 Å². The zero-order chi connectivity index (χ0) is 15.3. The van der Waals surface area contributed by atoms with Gasteiger partial charge in [-0.25, -0.2) is 4.68 Å². The first-order chi connectivity index (χ1) is 10.6. The van der Waals surface area contributed by atoms with Crippen LogP contribution in [0.1, 0.15) is 11.8 Å². The third-order valence-electron chi connectivity index (χ3n) is 3.26. The molecule has 1 aliphatic rings. The molecule has 0 bridgehead atoms. The van der Waals surface area contributed by atoms with Crippen molar-refractivity contribution in [2.45, 2.75) is 16.3 Å². The number of nitro groups is 1. The van der Waals surface area contributed by atoms with Crippen LogP contribution >= 0.6 is 11.8 Å². The Bertz CT molecular complexity index is 874. The van der Waals surface area contributed by atoms with E-state index in [1.807, 2.05) is 0 Å². The van der Waals surface area contributed by atoms with E-state index in [4.69, 9.17) is 4.42 Å². The molecule has 0 saturated heterocycles. The SMILES string of the molecule is O=[N+]([O-])c1ccc2c(c1)C(O)n1nc(-c3ccco3)nc1S2. The van der Waals surface area contributed by atoms with Gasteiger partial charge >= 0.3 is 0 Å². The van der Waals surface area contributed by atoms with Gasteiger partial charge in [0, 0.05) is 22.6 Å². The van der Waals surface area contributed by atoms with Crippen LogP contribution in [0.4, 0.5) is 5.69 Å². The number of rotatable bonds is 2. The van der Waals surface area contributed by atoms with Crippen LogP contribution in [0.3, 0.4) is 0 Å². The van der Waals surface area contributed by atoms with Gasteiger partial charge < -0.3 is 9.52 Å². The van der Waals surface area contributed by atoms with Crippen LogP contribution in [0, 0.1) is 10.1 Å². The van der Waals surface area contributed by atoms with E-state index in [9.17, 15) is 15.2 Å². The molecule has 1 aromatic carbocycles. The third kappa shape index (κ3) is 1.90. The maximum atomic E-state index is 10.9. The molecule has 3 heterocycles. The quantitative estimate of drug-likeness (QED) is 0.571. The van der Waals surface area contributed by atoms with Gasteiger partial charge in [0.15, 0.2) is 17.1 Å². The maximum Gasteiger partial charge on any atom is 0.269 e. The van der Waals surface area contributed by atoms with Gasteiger partial charge in [0.1, 0.15) is 0 Å². The van der Waals surface area contributed by atoms with Crippen molar-refractivity contribution in [3.63, 3.8) is 0 Å². The highest BCUT2D eigenvalue weighted by molar-refractivity contribution is 7.99. The van der Waals surface area contributed by atoms with Crippen LogP contribution in [0.25, 0.3) is 11.6 Å². The number of aliphatic hydroxyl groups is 1. The molecule has 0 spiro atoms. The second-order valence-electron chi connectivity index (χ2n) is 4.59. The first kappa shape index (κ1) is 13.0. The molecule has 0 radical (unpaired) electrons. The molecule has 0 fully saturated rings. The van der Waals surface area contributed by atoms with E-state index in [1.165, 1.54) is 34.8 Å². The molecule has 1 atom stereocenters. The van der Waals surface area contributed by atoms with Crippen molar-refractivity contribution in [3.8, 4) is 11.6 Å². The van der Waals surface area contributed by atoms with E-state index >= 15 is 0 Å². The molecule has 1 aliphatic heterocycles. The molecule has 22 heavy (non-hydrogen) atoms. The summed E-state index contributed by atoms with van der Waals surface area (Å²) in [4.78, 5) is 15.4. The van der Waals surface area contributed by atoms with Crippen molar-refractivity contribution in [1.29, 1.82) is 0 Å². The molecule has 9 heteroatoms. The highest BCUT2D eigenvalue weighted by Crippen LogP contribution is 2.41. The summed E-state index contributed by atoms with van der Waals surface area (Å²) in [5.41, 5.74) is 0.357. The minimum atomic E-state index is -1.12. The number of hydrogen-bond donors (Lipinski definition) is 1. The van der Waals surface area contributed by atoms with E-state index in [-0.39, 0.29) is 5.69 Å². The Balaban J connectivity index is 1.80. The number of non-ortho nitro benzene ring substituents is 1. The van der Waals surface area contributed by atoms with Crippen molar-refractivity contribution in [2.75, 3.05) is 0 Å². The van der Waals surface area contributed by atoms with Gasteiger partial charge in [-0.05, 0) is 30.0 Å². The molecule has 0 aliphatic carbocycles. The fourth-order valence-corrected chi connectivity index (χ4v) is 3.20. The lowest BCUT2D eigenvalue weighted by molar-refractivity contribution is -0.385. The van der Waals surface area contributed by atoms with Gasteiger partial charge in [-0.15, -0.1) is 5.10 Å². The zero-order valence-corrected chi connectivity index (χ0v) is 11.7. The number of benzene rings is 1. The van der Waals surface area contributed by atoms with E-state index < -0.39 is 11.2 Å². The molecule has 4 rings (SSSR count). The summed E-state index contributed by atoms with van der Waals surface area (Å²) < 4.78 is 6.57. The van der Waals surface area contributed by atoms with Crippen LogP contribution in [0.5, 0.6) is 0 Å². The number of aromatic nitrogens is 3. The summed E-state index contributed by atoms with van der Waals surface area (Å²) >= 11 is 1.29. The normalized spacial score (nSPS) is 16.1. The monoisotopic (exact) mass is 316 g/mol. The van der Waals surface area contributed by atoms with E-state index in [0.29, 0.717) is 27.2 Å². The van der Waals surface area contributed by atoms with Gasteiger partial charge in [-0.2, -0.15) is 4.98 Å².